The zero-order valence-electron chi connectivity index (χ0n) is 12.1. The van der Waals surface area contributed by atoms with Gasteiger partial charge < -0.3 is 15.1 Å². The number of hydrogen-bond acceptors (Lipinski definition) is 4. The largest absolute Gasteiger partial charge is 0.395 e. The number of carbonyl (C=O) groups is 1. The van der Waals surface area contributed by atoms with E-state index in [0.717, 1.165) is 6.42 Å². The normalized spacial score (nSPS) is 19.0. The Morgan fingerprint density at radius 3 is 3.05 bits per heavy atom. The van der Waals surface area contributed by atoms with Crippen LogP contribution in [0.5, 0.6) is 0 Å². The average molecular weight is 288 g/mol. The highest BCUT2D eigenvalue weighted by atomic mass is 16.3. The summed E-state index contributed by atoms with van der Waals surface area (Å²) in [7, 11) is 0. The lowest BCUT2D eigenvalue weighted by molar-refractivity contribution is 0.0762. The first-order valence-electron chi connectivity index (χ1n) is 7.14. The molecule has 5 heteroatoms. The number of hydrogen-bond donors (Lipinski definition) is 2. The number of aliphatic hydroxyl groups is 2. The van der Waals surface area contributed by atoms with Gasteiger partial charge in [0, 0.05) is 43.4 Å². The molecule has 1 amide bonds. The summed E-state index contributed by atoms with van der Waals surface area (Å²) in [4.78, 5) is 18.2. The van der Waals surface area contributed by atoms with E-state index in [1.54, 1.807) is 24.1 Å². The van der Waals surface area contributed by atoms with Crippen molar-refractivity contribution < 1.29 is 15.0 Å². The van der Waals surface area contributed by atoms with Gasteiger partial charge in [-0.2, -0.15) is 0 Å². The van der Waals surface area contributed by atoms with Crippen LogP contribution < -0.4 is 0 Å². The molecule has 0 saturated carbocycles. The van der Waals surface area contributed by atoms with Gasteiger partial charge in [0.1, 0.15) is 0 Å². The van der Waals surface area contributed by atoms with E-state index in [9.17, 15) is 9.90 Å². The summed E-state index contributed by atoms with van der Waals surface area (Å²) in [5, 5.41) is 18.3. The van der Waals surface area contributed by atoms with Gasteiger partial charge in [0.25, 0.3) is 5.91 Å². The molecular formula is C16H20N2O3. The molecule has 2 rings (SSSR count). The standard InChI is InChI=1S/C16H20N2O3/c1-12(20)14-5-6-18(11-14)16(21)15-8-13(9-17-10-15)4-2-3-7-19/h8-10,12,14,19-20H,3,5-7,11H2,1H3. The summed E-state index contributed by atoms with van der Waals surface area (Å²) < 4.78 is 0. The Bertz CT molecular complexity index is 560. The van der Waals surface area contributed by atoms with Crippen molar-refractivity contribution in [3.63, 3.8) is 0 Å². The summed E-state index contributed by atoms with van der Waals surface area (Å²) in [6, 6.07) is 1.72. The molecule has 21 heavy (non-hydrogen) atoms. The van der Waals surface area contributed by atoms with Crippen LogP contribution in [0.1, 0.15) is 35.7 Å². The molecule has 2 unspecified atom stereocenters. The highest BCUT2D eigenvalue weighted by molar-refractivity contribution is 5.94. The molecule has 2 heterocycles. The fourth-order valence-corrected chi connectivity index (χ4v) is 2.39. The quantitative estimate of drug-likeness (QED) is 0.801. The fourth-order valence-electron chi connectivity index (χ4n) is 2.39. The van der Waals surface area contributed by atoms with Crippen LogP contribution in [0.2, 0.25) is 0 Å². The molecule has 1 aromatic rings. The summed E-state index contributed by atoms with van der Waals surface area (Å²) in [6.45, 7) is 3.02. The minimum absolute atomic E-state index is 0.0214. The topological polar surface area (TPSA) is 73.7 Å². The van der Waals surface area contributed by atoms with Gasteiger partial charge in [-0.05, 0) is 19.4 Å². The van der Waals surface area contributed by atoms with Crippen molar-refractivity contribution in [3.8, 4) is 11.8 Å². The summed E-state index contributed by atoms with van der Waals surface area (Å²) in [6.07, 6.45) is 3.98. The SMILES string of the molecule is CC(O)C1CCN(C(=O)c2cncc(C#CCCO)c2)C1. The van der Waals surface area contributed by atoms with Gasteiger partial charge in [-0.15, -0.1) is 0 Å². The van der Waals surface area contributed by atoms with E-state index in [0.29, 0.717) is 30.6 Å². The molecule has 112 valence electrons. The maximum Gasteiger partial charge on any atom is 0.255 e. The fraction of sp³-hybridized carbons (Fsp3) is 0.500. The van der Waals surface area contributed by atoms with Crippen LogP contribution in [0.4, 0.5) is 0 Å². The smallest absolute Gasteiger partial charge is 0.255 e. The second-order valence-electron chi connectivity index (χ2n) is 5.28. The maximum absolute atomic E-state index is 12.4. The van der Waals surface area contributed by atoms with Gasteiger partial charge in [0.2, 0.25) is 0 Å². The lowest BCUT2D eigenvalue weighted by Crippen LogP contribution is -2.30. The van der Waals surface area contributed by atoms with E-state index < -0.39 is 6.10 Å². The molecule has 0 aromatic carbocycles. The average Bonchev–Trinajstić information content (AvgIpc) is 2.97. The van der Waals surface area contributed by atoms with Crippen LogP contribution in [0.25, 0.3) is 0 Å². The van der Waals surface area contributed by atoms with Crippen LogP contribution in [0.3, 0.4) is 0 Å². The molecule has 0 spiro atoms. The summed E-state index contributed by atoms with van der Waals surface area (Å²) in [5.74, 6) is 5.76. The van der Waals surface area contributed by atoms with Crippen LogP contribution in [0.15, 0.2) is 18.5 Å². The van der Waals surface area contributed by atoms with Gasteiger partial charge in [-0.25, -0.2) is 0 Å². The number of aliphatic hydroxyl groups excluding tert-OH is 2. The van der Waals surface area contributed by atoms with Crippen molar-refractivity contribution in [1.82, 2.24) is 9.88 Å². The van der Waals surface area contributed by atoms with E-state index in [-0.39, 0.29) is 18.4 Å². The Morgan fingerprint density at radius 2 is 2.38 bits per heavy atom. The lowest BCUT2D eigenvalue weighted by atomic mass is 10.0. The van der Waals surface area contributed by atoms with Crippen molar-refractivity contribution in [3.05, 3.63) is 29.6 Å². The minimum atomic E-state index is -0.392. The molecule has 2 atom stereocenters. The molecule has 1 aliphatic rings. The predicted octanol–water partition coefficient (Wildman–Crippen LogP) is 0.658. The Hall–Kier alpha value is -1.90. The predicted molar refractivity (Wildman–Crippen MR) is 78.5 cm³/mol. The molecule has 1 aromatic heterocycles. The van der Waals surface area contributed by atoms with Crippen molar-refractivity contribution >= 4 is 5.91 Å². The lowest BCUT2D eigenvalue weighted by Gasteiger charge is -2.17. The van der Waals surface area contributed by atoms with E-state index in [2.05, 4.69) is 16.8 Å². The second-order valence-corrected chi connectivity index (χ2v) is 5.28. The third kappa shape index (κ3) is 4.03. The van der Waals surface area contributed by atoms with Gasteiger partial charge in [0.05, 0.1) is 18.3 Å². The second kappa shape index (κ2) is 7.21. The zero-order chi connectivity index (χ0) is 15.2. The molecule has 1 saturated heterocycles. The number of pyridine rings is 1. The summed E-state index contributed by atoms with van der Waals surface area (Å²) in [5.41, 5.74) is 1.18. The third-order valence-corrected chi connectivity index (χ3v) is 3.65. The molecule has 2 N–H and O–H groups in total. The number of rotatable bonds is 3. The molecule has 1 aliphatic heterocycles. The first-order valence-corrected chi connectivity index (χ1v) is 7.14. The minimum Gasteiger partial charge on any atom is -0.395 e. The van der Waals surface area contributed by atoms with Crippen molar-refractivity contribution in [2.45, 2.75) is 25.9 Å². The van der Waals surface area contributed by atoms with Crippen molar-refractivity contribution in [2.75, 3.05) is 19.7 Å². The number of carbonyl (C=O) groups excluding carboxylic acids is 1. The Balaban J connectivity index is 2.07. The monoisotopic (exact) mass is 288 g/mol. The molecule has 0 radical (unpaired) electrons. The Labute approximate surface area is 124 Å². The van der Waals surface area contributed by atoms with E-state index in [4.69, 9.17) is 5.11 Å². The summed E-state index contributed by atoms with van der Waals surface area (Å²) >= 11 is 0. The van der Waals surface area contributed by atoms with Gasteiger partial charge >= 0.3 is 0 Å². The maximum atomic E-state index is 12.4. The van der Waals surface area contributed by atoms with Gasteiger partial charge in [-0.3, -0.25) is 9.78 Å². The van der Waals surface area contributed by atoms with Crippen LogP contribution in [0, 0.1) is 17.8 Å². The number of nitrogens with zero attached hydrogens (tertiary/aromatic N) is 2. The Morgan fingerprint density at radius 1 is 1.57 bits per heavy atom. The molecule has 0 bridgehead atoms. The molecule has 1 fully saturated rings. The van der Waals surface area contributed by atoms with E-state index >= 15 is 0 Å². The van der Waals surface area contributed by atoms with Crippen LogP contribution in [-0.2, 0) is 0 Å². The first kappa shape index (κ1) is 15.5. The number of amides is 1. The van der Waals surface area contributed by atoms with Crippen molar-refractivity contribution in [1.29, 1.82) is 0 Å². The zero-order valence-corrected chi connectivity index (χ0v) is 12.1. The Kier molecular flexibility index (Phi) is 5.32. The number of aromatic nitrogens is 1. The number of likely N-dealkylation sites (tertiary alicyclic amines) is 1. The third-order valence-electron chi connectivity index (χ3n) is 3.65. The van der Waals surface area contributed by atoms with Crippen molar-refractivity contribution in [2.24, 2.45) is 5.92 Å². The molecule has 5 nitrogen and oxygen atoms in total. The first-order chi connectivity index (χ1) is 10.1. The van der Waals surface area contributed by atoms with Gasteiger partial charge in [-0.1, -0.05) is 11.8 Å². The highest BCUT2D eigenvalue weighted by Gasteiger charge is 2.29. The van der Waals surface area contributed by atoms with Gasteiger partial charge in [0.15, 0.2) is 0 Å². The molecule has 0 aliphatic carbocycles. The van der Waals surface area contributed by atoms with Crippen LogP contribution in [-0.4, -0.2) is 51.8 Å². The molecular weight excluding hydrogens is 268 g/mol. The van der Waals surface area contributed by atoms with Crippen LogP contribution >= 0.6 is 0 Å². The van der Waals surface area contributed by atoms with E-state index in [1.807, 2.05) is 0 Å². The van der Waals surface area contributed by atoms with E-state index in [1.165, 1.54) is 6.20 Å². The highest BCUT2D eigenvalue weighted by Crippen LogP contribution is 2.21.